The van der Waals surface area contributed by atoms with Crippen LogP contribution in [0.4, 0.5) is 5.82 Å². The van der Waals surface area contributed by atoms with E-state index in [9.17, 15) is 9.90 Å². The lowest BCUT2D eigenvalue weighted by molar-refractivity contribution is -0.137. The van der Waals surface area contributed by atoms with Crippen molar-refractivity contribution in [3.05, 3.63) is 53.6 Å². The first-order valence-corrected chi connectivity index (χ1v) is 7.98. The zero-order valence-electron chi connectivity index (χ0n) is 13.0. The highest BCUT2D eigenvalue weighted by Gasteiger charge is 2.18. The molecule has 0 saturated heterocycles. The number of rotatable bonds is 5. The zero-order chi connectivity index (χ0) is 17.1. The number of fused-ring (bicyclic) bond motifs is 1. The maximum Gasteiger partial charge on any atom is 0.326 e. The van der Waals surface area contributed by atoms with Gasteiger partial charge in [0.15, 0.2) is 5.82 Å². The standard InChI is InChI=1S/C18H16ClN3O2/c1-2-14(18(23)24)20-17-13-5-3-4-6-15(13)21-16(22-17)11-7-9-12(19)10-8-11/h3-10,14H,2H2,1H3,(H,23,24)(H,20,21,22)/t14-/m1/s1. The van der Waals surface area contributed by atoms with Crippen molar-refractivity contribution >= 4 is 34.3 Å². The lowest BCUT2D eigenvalue weighted by atomic mass is 10.1. The minimum Gasteiger partial charge on any atom is -0.480 e. The number of hydrogen-bond donors (Lipinski definition) is 2. The number of aromatic nitrogens is 2. The number of anilines is 1. The summed E-state index contributed by atoms with van der Waals surface area (Å²) < 4.78 is 0. The molecule has 0 spiro atoms. The van der Waals surface area contributed by atoms with E-state index in [4.69, 9.17) is 11.6 Å². The number of nitrogens with zero attached hydrogens (tertiary/aromatic N) is 2. The fourth-order valence-corrected chi connectivity index (χ4v) is 2.54. The molecule has 3 rings (SSSR count). The summed E-state index contributed by atoms with van der Waals surface area (Å²) in [4.78, 5) is 20.5. The molecule has 0 aliphatic heterocycles. The molecule has 2 aromatic carbocycles. The molecule has 5 nitrogen and oxygen atoms in total. The number of para-hydroxylation sites is 1. The second-order valence-corrected chi connectivity index (χ2v) is 5.80. The Morgan fingerprint density at radius 3 is 2.54 bits per heavy atom. The Morgan fingerprint density at radius 2 is 1.88 bits per heavy atom. The fraction of sp³-hybridized carbons (Fsp3) is 0.167. The van der Waals surface area contributed by atoms with E-state index in [0.29, 0.717) is 23.1 Å². The van der Waals surface area contributed by atoms with E-state index in [1.165, 1.54) is 0 Å². The molecule has 0 aliphatic carbocycles. The molecule has 6 heteroatoms. The van der Waals surface area contributed by atoms with Gasteiger partial charge < -0.3 is 10.4 Å². The summed E-state index contributed by atoms with van der Waals surface area (Å²) in [5.74, 6) is 0.126. The van der Waals surface area contributed by atoms with Crippen LogP contribution in [0.2, 0.25) is 5.02 Å². The third-order valence-corrected chi connectivity index (χ3v) is 3.97. The molecule has 3 aromatic rings. The largest absolute Gasteiger partial charge is 0.480 e. The van der Waals surface area contributed by atoms with Crippen LogP contribution in [0.3, 0.4) is 0 Å². The Hall–Kier alpha value is -2.66. The number of carboxylic acid groups (broad SMARTS) is 1. The molecule has 24 heavy (non-hydrogen) atoms. The molecule has 0 amide bonds. The van der Waals surface area contributed by atoms with E-state index < -0.39 is 12.0 Å². The zero-order valence-corrected chi connectivity index (χ0v) is 13.8. The monoisotopic (exact) mass is 341 g/mol. The van der Waals surface area contributed by atoms with Gasteiger partial charge in [-0.1, -0.05) is 30.7 Å². The van der Waals surface area contributed by atoms with Crippen LogP contribution in [0, 0.1) is 0 Å². The fourth-order valence-electron chi connectivity index (χ4n) is 2.42. The van der Waals surface area contributed by atoms with Crippen LogP contribution in [0.1, 0.15) is 13.3 Å². The van der Waals surface area contributed by atoms with E-state index in [1.54, 1.807) is 12.1 Å². The highest BCUT2D eigenvalue weighted by atomic mass is 35.5. The third kappa shape index (κ3) is 3.31. The summed E-state index contributed by atoms with van der Waals surface area (Å²) in [6, 6.07) is 14.0. The molecule has 0 fully saturated rings. The van der Waals surface area contributed by atoms with Crippen LogP contribution in [0.25, 0.3) is 22.3 Å². The molecule has 0 bridgehead atoms. The van der Waals surface area contributed by atoms with Crippen LogP contribution in [0.15, 0.2) is 48.5 Å². The average molecular weight is 342 g/mol. The second-order valence-electron chi connectivity index (χ2n) is 5.36. The van der Waals surface area contributed by atoms with E-state index in [0.717, 1.165) is 16.5 Å². The first-order valence-electron chi connectivity index (χ1n) is 7.60. The van der Waals surface area contributed by atoms with E-state index in [2.05, 4.69) is 15.3 Å². The maximum absolute atomic E-state index is 11.3. The van der Waals surface area contributed by atoms with E-state index in [-0.39, 0.29) is 0 Å². The smallest absolute Gasteiger partial charge is 0.326 e. The lowest BCUT2D eigenvalue weighted by Gasteiger charge is -2.15. The first-order chi connectivity index (χ1) is 11.6. The number of carboxylic acids is 1. The summed E-state index contributed by atoms with van der Waals surface area (Å²) in [6.45, 7) is 1.81. The van der Waals surface area contributed by atoms with Gasteiger partial charge in [0.05, 0.1) is 5.52 Å². The summed E-state index contributed by atoms with van der Waals surface area (Å²) >= 11 is 5.93. The molecule has 122 valence electrons. The molecule has 1 aromatic heterocycles. The molecule has 2 N–H and O–H groups in total. The van der Waals surface area contributed by atoms with Gasteiger partial charge >= 0.3 is 5.97 Å². The number of carbonyl (C=O) groups is 1. The predicted molar refractivity (Wildman–Crippen MR) is 95.3 cm³/mol. The highest BCUT2D eigenvalue weighted by molar-refractivity contribution is 6.30. The number of hydrogen-bond acceptors (Lipinski definition) is 4. The molecule has 1 atom stereocenters. The predicted octanol–water partition coefficient (Wildman–Crippen LogP) is 4.23. The van der Waals surface area contributed by atoms with Gasteiger partial charge in [-0.15, -0.1) is 0 Å². The molecule has 0 saturated carbocycles. The van der Waals surface area contributed by atoms with Gasteiger partial charge in [0.2, 0.25) is 0 Å². The Bertz CT molecular complexity index is 881. The molecular weight excluding hydrogens is 326 g/mol. The summed E-state index contributed by atoms with van der Waals surface area (Å²) in [5, 5.41) is 13.7. The molecule has 0 radical (unpaired) electrons. The topological polar surface area (TPSA) is 75.1 Å². The minimum atomic E-state index is -0.909. The molecule has 0 aliphatic rings. The second kappa shape index (κ2) is 6.84. The Labute approximate surface area is 144 Å². The quantitative estimate of drug-likeness (QED) is 0.726. The normalized spacial score (nSPS) is 12.1. The third-order valence-electron chi connectivity index (χ3n) is 3.72. The van der Waals surface area contributed by atoms with Crippen LogP contribution in [0.5, 0.6) is 0 Å². The van der Waals surface area contributed by atoms with Crippen LogP contribution in [-0.4, -0.2) is 27.1 Å². The first kappa shape index (κ1) is 16.2. The van der Waals surface area contributed by atoms with Gasteiger partial charge in [0.1, 0.15) is 11.9 Å². The van der Waals surface area contributed by atoms with E-state index in [1.807, 2.05) is 43.3 Å². The van der Waals surface area contributed by atoms with Crippen molar-refractivity contribution in [2.24, 2.45) is 0 Å². The van der Waals surface area contributed by atoms with Gasteiger partial charge in [0.25, 0.3) is 0 Å². The van der Waals surface area contributed by atoms with Crippen molar-refractivity contribution in [2.75, 3.05) is 5.32 Å². The summed E-state index contributed by atoms with van der Waals surface area (Å²) in [6.07, 6.45) is 0.448. The van der Waals surface area contributed by atoms with Gasteiger partial charge in [-0.3, -0.25) is 0 Å². The lowest BCUT2D eigenvalue weighted by Crippen LogP contribution is -2.28. The maximum atomic E-state index is 11.3. The van der Waals surface area contributed by atoms with Crippen LogP contribution in [-0.2, 0) is 4.79 Å². The van der Waals surface area contributed by atoms with Crippen molar-refractivity contribution in [3.63, 3.8) is 0 Å². The number of benzene rings is 2. The SMILES string of the molecule is CC[C@@H](Nc1nc(-c2ccc(Cl)cc2)nc2ccccc12)C(=O)O. The number of nitrogens with one attached hydrogen (secondary N) is 1. The molecular formula is C18H16ClN3O2. The van der Waals surface area contributed by atoms with Crippen molar-refractivity contribution in [3.8, 4) is 11.4 Å². The van der Waals surface area contributed by atoms with Crippen LogP contribution >= 0.6 is 11.6 Å². The Morgan fingerprint density at radius 1 is 1.17 bits per heavy atom. The van der Waals surface area contributed by atoms with Crippen molar-refractivity contribution in [2.45, 2.75) is 19.4 Å². The number of aliphatic carboxylic acids is 1. The van der Waals surface area contributed by atoms with Gasteiger partial charge in [0, 0.05) is 16.0 Å². The van der Waals surface area contributed by atoms with Gasteiger partial charge in [-0.05, 0) is 42.8 Å². The van der Waals surface area contributed by atoms with Crippen molar-refractivity contribution < 1.29 is 9.90 Å². The van der Waals surface area contributed by atoms with Crippen LogP contribution < -0.4 is 5.32 Å². The highest BCUT2D eigenvalue weighted by Crippen LogP contribution is 2.26. The van der Waals surface area contributed by atoms with Gasteiger partial charge in [-0.2, -0.15) is 0 Å². The van der Waals surface area contributed by atoms with Gasteiger partial charge in [-0.25, -0.2) is 14.8 Å². The van der Waals surface area contributed by atoms with E-state index >= 15 is 0 Å². The molecule has 0 unspecified atom stereocenters. The summed E-state index contributed by atoms with van der Waals surface area (Å²) in [5.41, 5.74) is 1.57. The Kier molecular flexibility index (Phi) is 4.62. The average Bonchev–Trinajstić information content (AvgIpc) is 2.59. The van der Waals surface area contributed by atoms with Crippen molar-refractivity contribution in [1.82, 2.24) is 9.97 Å². The summed E-state index contributed by atoms with van der Waals surface area (Å²) in [7, 11) is 0. The van der Waals surface area contributed by atoms with Crippen molar-refractivity contribution in [1.29, 1.82) is 0 Å². The molecule has 1 heterocycles. The Balaban J connectivity index is 2.12. The number of halogens is 1. The minimum absolute atomic E-state index is 0.448.